The van der Waals surface area contributed by atoms with Crippen LogP contribution in [0.5, 0.6) is 0 Å². The molecule has 0 heterocycles. The largest absolute Gasteiger partial charge is 0.355 e. The van der Waals surface area contributed by atoms with E-state index in [4.69, 9.17) is 23.2 Å². The van der Waals surface area contributed by atoms with Crippen molar-refractivity contribution in [3.05, 3.63) is 92.9 Å². The van der Waals surface area contributed by atoms with E-state index in [1.54, 1.807) is 32.0 Å². The number of sulfonamides is 1. The summed E-state index contributed by atoms with van der Waals surface area (Å²) in [7, 11) is -4.22. The molecule has 0 spiro atoms. The molecule has 0 aromatic heterocycles. The van der Waals surface area contributed by atoms with Crippen LogP contribution < -0.4 is 9.62 Å². The van der Waals surface area contributed by atoms with Gasteiger partial charge < -0.3 is 10.2 Å². The maximum Gasteiger partial charge on any atom is 0.264 e. The third kappa shape index (κ3) is 7.25. The molecule has 1 N–H and O–H groups in total. The van der Waals surface area contributed by atoms with E-state index in [1.807, 2.05) is 24.3 Å². The fourth-order valence-electron chi connectivity index (χ4n) is 3.65. The first-order valence-corrected chi connectivity index (χ1v) is 14.4. The maximum absolute atomic E-state index is 13.8. The number of benzene rings is 3. The lowest BCUT2D eigenvalue weighted by Gasteiger charge is -2.32. The van der Waals surface area contributed by atoms with Crippen molar-refractivity contribution in [1.29, 1.82) is 0 Å². The molecule has 0 bridgehead atoms. The van der Waals surface area contributed by atoms with Crippen LogP contribution in [0.15, 0.2) is 82.2 Å². The van der Waals surface area contributed by atoms with Gasteiger partial charge >= 0.3 is 0 Å². The van der Waals surface area contributed by atoms with E-state index >= 15 is 0 Å². The zero-order chi connectivity index (χ0) is 27.2. The fourth-order valence-corrected chi connectivity index (χ4v) is 5.98. The van der Waals surface area contributed by atoms with Crippen molar-refractivity contribution in [2.75, 3.05) is 17.4 Å². The molecule has 3 aromatic carbocycles. The minimum absolute atomic E-state index is 0.0193. The number of amides is 2. The highest BCUT2D eigenvalue weighted by Crippen LogP contribution is 2.33. The van der Waals surface area contributed by atoms with Crippen molar-refractivity contribution in [1.82, 2.24) is 10.2 Å². The summed E-state index contributed by atoms with van der Waals surface area (Å²) in [5.74, 6) is -0.946. The highest BCUT2D eigenvalue weighted by Gasteiger charge is 2.33. The van der Waals surface area contributed by atoms with E-state index in [9.17, 15) is 18.0 Å². The van der Waals surface area contributed by atoms with E-state index in [0.717, 1.165) is 14.3 Å². The van der Waals surface area contributed by atoms with Gasteiger partial charge in [-0.05, 0) is 61.9 Å². The minimum atomic E-state index is -4.22. The molecule has 0 saturated carbocycles. The molecule has 0 saturated heterocycles. The number of carbonyl (C=O) groups excluding carboxylic acids is 2. The summed E-state index contributed by atoms with van der Waals surface area (Å²) in [6.45, 7) is 3.24. The summed E-state index contributed by atoms with van der Waals surface area (Å²) in [6.07, 6.45) is 0. The van der Waals surface area contributed by atoms with Gasteiger partial charge in [0.25, 0.3) is 10.0 Å². The molecular weight excluding hydrogens is 601 g/mol. The van der Waals surface area contributed by atoms with Crippen molar-refractivity contribution in [3.63, 3.8) is 0 Å². The van der Waals surface area contributed by atoms with E-state index in [1.165, 1.54) is 35.2 Å². The van der Waals surface area contributed by atoms with Crippen LogP contribution in [0.4, 0.5) is 5.69 Å². The Morgan fingerprint density at radius 2 is 1.70 bits per heavy atom. The van der Waals surface area contributed by atoms with Gasteiger partial charge in [0.15, 0.2) is 0 Å². The summed E-state index contributed by atoms with van der Waals surface area (Å²) < 4.78 is 29.2. The summed E-state index contributed by atoms with van der Waals surface area (Å²) in [6, 6.07) is 18.6. The lowest BCUT2D eigenvalue weighted by atomic mass is 10.1. The molecule has 3 rings (SSSR count). The van der Waals surface area contributed by atoms with Crippen LogP contribution >= 0.6 is 39.1 Å². The van der Waals surface area contributed by atoms with Crippen molar-refractivity contribution >= 4 is 66.7 Å². The quantitative estimate of drug-likeness (QED) is 0.322. The number of carbonyl (C=O) groups is 2. The molecule has 0 aliphatic carbocycles. The molecule has 2 amide bonds. The molecule has 11 heteroatoms. The number of hydrogen-bond acceptors (Lipinski definition) is 4. The second-order valence-electron chi connectivity index (χ2n) is 8.14. The van der Waals surface area contributed by atoms with E-state index in [-0.39, 0.29) is 33.1 Å². The van der Waals surface area contributed by atoms with Crippen LogP contribution in [-0.4, -0.2) is 44.3 Å². The van der Waals surface area contributed by atoms with Crippen LogP contribution in [0.1, 0.15) is 19.4 Å². The number of rotatable bonds is 10. The average Bonchev–Trinajstić information content (AvgIpc) is 2.87. The Hall–Kier alpha value is -2.59. The highest BCUT2D eigenvalue weighted by atomic mass is 79.9. The lowest BCUT2D eigenvalue weighted by molar-refractivity contribution is -0.139. The van der Waals surface area contributed by atoms with Crippen LogP contribution in [0.25, 0.3) is 0 Å². The molecule has 7 nitrogen and oxygen atoms in total. The van der Waals surface area contributed by atoms with Crippen LogP contribution in [0.3, 0.4) is 0 Å². The van der Waals surface area contributed by atoms with Gasteiger partial charge in [0.1, 0.15) is 12.6 Å². The number of anilines is 1. The molecule has 0 aliphatic heterocycles. The summed E-state index contributed by atoms with van der Waals surface area (Å²) in [5.41, 5.74) is 0.816. The van der Waals surface area contributed by atoms with Gasteiger partial charge in [0.2, 0.25) is 11.8 Å². The van der Waals surface area contributed by atoms with Crippen LogP contribution in [0, 0.1) is 0 Å². The van der Waals surface area contributed by atoms with Crippen molar-refractivity contribution in [2.45, 2.75) is 31.3 Å². The Labute approximate surface area is 235 Å². The Morgan fingerprint density at radius 3 is 2.35 bits per heavy atom. The van der Waals surface area contributed by atoms with Gasteiger partial charge in [-0.3, -0.25) is 13.9 Å². The number of hydrogen-bond donors (Lipinski definition) is 1. The molecule has 1 unspecified atom stereocenters. The molecule has 0 fully saturated rings. The summed E-state index contributed by atoms with van der Waals surface area (Å²) in [5, 5.41) is 3.08. The topological polar surface area (TPSA) is 86.8 Å². The first-order chi connectivity index (χ1) is 17.5. The normalized spacial score (nSPS) is 12.0. The predicted molar refractivity (Wildman–Crippen MR) is 150 cm³/mol. The lowest BCUT2D eigenvalue weighted by Crippen LogP contribution is -2.51. The number of nitrogens with one attached hydrogen (secondary N) is 1. The second kappa shape index (κ2) is 12.8. The fraction of sp³-hybridized carbons (Fsp3) is 0.231. The predicted octanol–water partition coefficient (Wildman–Crippen LogP) is 5.50. The molecule has 0 radical (unpaired) electrons. The highest BCUT2D eigenvalue weighted by molar-refractivity contribution is 9.10. The van der Waals surface area contributed by atoms with Crippen molar-refractivity contribution in [3.8, 4) is 0 Å². The number of nitrogens with zero attached hydrogens (tertiary/aromatic N) is 2. The Balaban J connectivity index is 2.06. The monoisotopic (exact) mass is 625 g/mol. The summed E-state index contributed by atoms with van der Waals surface area (Å²) >= 11 is 16.0. The zero-order valence-corrected chi connectivity index (χ0v) is 24.1. The standard InChI is InChI=1S/C26H26BrCl2N3O4S/c1-3-30-26(34)18(2)31(16-19-8-7-9-20(27)14-19)25(33)17-32(24-15-21(28)12-13-23(24)29)37(35,36)22-10-5-4-6-11-22/h4-15,18H,3,16-17H2,1-2H3,(H,30,34). The van der Waals surface area contributed by atoms with Gasteiger partial charge in [-0.15, -0.1) is 0 Å². The number of halogens is 3. The first kappa shape index (κ1) is 29.0. The Kier molecular flexibility index (Phi) is 10.0. The van der Waals surface area contributed by atoms with Crippen molar-refractivity contribution < 1.29 is 18.0 Å². The Bertz CT molecular complexity index is 1370. The van der Waals surface area contributed by atoms with Gasteiger partial charge in [-0.25, -0.2) is 8.42 Å². The maximum atomic E-state index is 13.8. The Morgan fingerprint density at radius 1 is 1.00 bits per heavy atom. The first-order valence-electron chi connectivity index (χ1n) is 11.4. The van der Waals surface area contributed by atoms with Crippen LogP contribution in [0.2, 0.25) is 10.0 Å². The average molecular weight is 627 g/mol. The third-order valence-electron chi connectivity index (χ3n) is 5.55. The van der Waals surface area contributed by atoms with Gasteiger partial charge in [0.05, 0.1) is 15.6 Å². The van der Waals surface area contributed by atoms with E-state index in [2.05, 4.69) is 21.2 Å². The minimum Gasteiger partial charge on any atom is -0.355 e. The van der Waals surface area contributed by atoms with E-state index < -0.39 is 28.5 Å². The number of likely N-dealkylation sites (N-methyl/N-ethyl adjacent to an activating group) is 1. The van der Waals surface area contributed by atoms with Crippen LogP contribution in [-0.2, 0) is 26.2 Å². The SMILES string of the molecule is CCNC(=O)C(C)N(Cc1cccc(Br)c1)C(=O)CN(c1cc(Cl)ccc1Cl)S(=O)(=O)c1ccccc1. The molecule has 196 valence electrons. The molecular formula is C26H26BrCl2N3O4S. The summed E-state index contributed by atoms with van der Waals surface area (Å²) in [4.78, 5) is 27.9. The molecule has 3 aromatic rings. The molecule has 0 aliphatic rings. The van der Waals surface area contributed by atoms with Gasteiger partial charge in [0, 0.05) is 22.6 Å². The molecule has 1 atom stereocenters. The van der Waals surface area contributed by atoms with Crippen molar-refractivity contribution in [2.24, 2.45) is 0 Å². The smallest absolute Gasteiger partial charge is 0.264 e. The zero-order valence-electron chi connectivity index (χ0n) is 20.2. The second-order valence-corrected chi connectivity index (χ2v) is 11.8. The third-order valence-corrected chi connectivity index (χ3v) is 8.37. The van der Waals surface area contributed by atoms with Gasteiger partial charge in [-0.2, -0.15) is 0 Å². The molecule has 37 heavy (non-hydrogen) atoms. The van der Waals surface area contributed by atoms with E-state index in [0.29, 0.717) is 6.54 Å². The van der Waals surface area contributed by atoms with Gasteiger partial charge in [-0.1, -0.05) is 69.5 Å².